The number of hydrogen-bond donors (Lipinski definition) is 0. The van der Waals surface area contributed by atoms with Crippen molar-refractivity contribution in [2.75, 3.05) is 39.4 Å². The van der Waals surface area contributed by atoms with E-state index in [1.165, 1.54) is 17.7 Å². The number of alkyl halides is 1. The topological polar surface area (TPSA) is 37.2 Å². The van der Waals surface area contributed by atoms with Gasteiger partial charge in [0.25, 0.3) is 0 Å². The number of piperazine rings is 1. The summed E-state index contributed by atoms with van der Waals surface area (Å²) in [6, 6.07) is 16.6. The van der Waals surface area contributed by atoms with Crippen LogP contribution in [0.4, 0.5) is 8.78 Å². The normalized spacial score (nSPS) is 16.8. The van der Waals surface area contributed by atoms with Crippen LogP contribution in [0.15, 0.2) is 60.9 Å². The van der Waals surface area contributed by atoms with Gasteiger partial charge >= 0.3 is 0 Å². The number of nitrogens with zero attached hydrogens (tertiary/aromatic N) is 5. The summed E-state index contributed by atoms with van der Waals surface area (Å²) < 4.78 is 28.3. The Balaban J connectivity index is 1.63. The zero-order chi connectivity index (χ0) is 20.1. The Labute approximate surface area is 169 Å². The summed E-state index contributed by atoms with van der Waals surface area (Å²) in [4.78, 5) is 4.46. The highest BCUT2D eigenvalue weighted by atomic mass is 19.1. The second-order valence-corrected chi connectivity index (χ2v) is 7.32. The number of aromatic nitrogens is 3. The smallest absolute Gasteiger partial charge is 0.155 e. The molecule has 7 heteroatoms. The van der Waals surface area contributed by atoms with E-state index in [4.69, 9.17) is 0 Å². The summed E-state index contributed by atoms with van der Waals surface area (Å²) in [5.41, 5.74) is 2.15. The Hall–Kier alpha value is -2.64. The number of benzene rings is 2. The lowest BCUT2D eigenvalue weighted by atomic mass is 10.0. The molecule has 1 aromatic heterocycles. The molecule has 1 aliphatic heterocycles. The van der Waals surface area contributed by atoms with Gasteiger partial charge in [0.15, 0.2) is 5.82 Å². The summed E-state index contributed by atoms with van der Waals surface area (Å²) in [6.07, 6.45) is 1.75. The van der Waals surface area contributed by atoms with Gasteiger partial charge in [-0.25, -0.2) is 8.78 Å². The predicted octanol–water partition coefficient (Wildman–Crippen LogP) is 3.14. The van der Waals surface area contributed by atoms with Gasteiger partial charge in [0, 0.05) is 32.7 Å². The molecule has 1 aliphatic rings. The van der Waals surface area contributed by atoms with Crippen LogP contribution in [0, 0.1) is 5.82 Å². The molecule has 0 radical (unpaired) electrons. The molecule has 5 nitrogen and oxygen atoms in total. The van der Waals surface area contributed by atoms with Crippen molar-refractivity contribution in [1.82, 2.24) is 24.6 Å². The Morgan fingerprint density at radius 2 is 1.66 bits per heavy atom. The molecule has 3 aromatic rings. The zero-order valence-corrected chi connectivity index (χ0v) is 16.3. The van der Waals surface area contributed by atoms with Crippen LogP contribution in [0.2, 0.25) is 0 Å². The molecule has 4 rings (SSSR count). The second-order valence-electron chi connectivity index (χ2n) is 7.32. The Morgan fingerprint density at radius 3 is 2.34 bits per heavy atom. The van der Waals surface area contributed by atoms with Crippen LogP contribution < -0.4 is 0 Å². The molecule has 0 spiro atoms. The monoisotopic (exact) mass is 397 g/mol. The predicted molar refractivity (Wildman–Crippen MR) is 108 cm³/mol. The summed E-state index contributed by atoms with van der Waals surface area (Å²) in [7, 11) is 0. The van der Waals surface area contributed by atoms with Crippen LogP contribution in [0.5, 0.6) is 0 Å². The molecule has 0 bridgehead atoms. The van der Waals surface area contributed by atoms with E-state index in [1.807, 2.05) is 30.3 Å². The molecule has 1 unspecified atom stereocenters. The fourth-order valence-electron chi connectivity index (χ4n) is 3.91. The van der Waals surface area contributed by atoms with Crippen LogP contribution in [0.3, 0.4) is 0 Å². The summed E-state index contributed by atoms with van der Waals surface area (Å²) in [5, 5.41) is 8.62. The third-order valence-corrected chi connectivity index (χ3v) is 5.44. The van der Waals surface area contributed by atoms with E-state index < -0.39 is 0 Å². The Bertz CT molecular complexity index is 889. The molecule has 29 heavy (non-hydrogen) atoms. The lowest BCUT2D eigenvalue weighted by molar-refractivity contribution is 0.101. The van der Waals surface area contributed by atoms with Gasteiger partial charge in [0.2, 0.25) is 0 Å². The van der Waals surface area contributed by atoms with Gasteiger partial charge in [-0.3, -0.25) is 9.80 Å². The van der Waals surface area contributed by atoms with Crippen LogP contribution in [-0.2, 0) is 6.54 Å². The number of hydrogen-bond acceptors (Lipinski definition) is 4. The molecule has 1 atom stereocenters. The first kappa shape index (κ1) is 19.7. The van der Waals surface area contributed by atoms with Crippen molar-refractivity contribution in [3.8, 4) is 0 Å². The Morgan fingerprint density at radius 1 is 0.931 bits per heavy atom. The van der Waals surface area contributed by atoms with Crippen LogP contribution >= 0.6 is 0 Å². The molecule has 0 aliphatic carbocycles. The summed E-state index contributed by atoms with van der Waals surface area (Å²) in [5.74, 6) is 0.574. The standard InChI is InChI=1S/C22H25F2N5/c23-10-11-27-12-14-28(15-13-27)21(19-6-8-20(24)9-7-19)22-26-25-17-29(22)16-18-4-2-1-3-5-18/h1-9,17,21H,10-16H2. The quantitative estimate of drug-likeness (QED) is 0.614. The maximum absolute atomic E-state index is 13.5. The van der Waals surface area contributed by atoms with Crippen molar-refractivity contribution in [2.45, 2.75) is 12.6 Å². The van der Waals surface area contributed by atoms with E-state index in [2.05, 4.69) is 36.7 Å². The molecular weight excluding hydrogens is 372 g/mol. The first-order valence-corrected chi connectivity index (χ1v) is 9.94. The van der Waals surface area contributed by atoms with E-state index in [0.29, 0.717) is 13.1 Å². The van der Waals surface area contributed by atoms with Crippen LogP contribution in [-0.4, -0.2) is 64.0 Å². The van der Waals surface area contributed by atoms with Crippen molar-refractivity contribution >= 4 is 0 Å². The maximum Gasteiger partial charge on any atom is 0.155 e. The van der Waals surface area contributed by atoms with E-state index >= 15 is 0 Å². The fourth-order valence-corrected chi connectivity index (χ4v) is 3.91. The van der Waals surface area contributed by atoms with Crippen molar-refractivity contribution in [1.29, 1.82) is 0 Å². The first-order valence-electron chi connectivity index (χ1n) is 9.94. The van der Waals surface area contributed by atoms with E-state index in [0.717, 1.165) is 37.6 Å². The highest BCUT2D eigenvalue weighted by molar-refractivity contribution is 5.26. The van der Waals surface area contributed by atoms with E-state index in [9.17, 15) is 8.78 Å². The minimum atomic E-state index is -0.327. The molecule has 1 fully saturated rings. The molecular formula is C22H25F2N5. The molecule has 0 N–H and O–H groups in total. The zero-order valence-electron chi connectivity index (χ0n) is 16.3. The highest BCUT2D eigenvalue weighted by Gasteiger charge is 2.30. The van der Waals surface area contributed by atoms with Gasteiger partial charge in [0.1, 0.15) is 18.8 Å². The van der Waals surface area contributed by atoms with Crippen molar-refractivity contribution < 1.29 is 8.78 Å². The lowest BCUT2D eigenvalue weighted by Gasteiger charge is -2.38. The minimum absolute atomic E-state index is 0.130. The highest BCUT2D eigenvalue weighted by Crippen LogP contribution is 2.29. The third kappa shape index (κ3) is 4.68. The van der Waals surface area contributed by atoms with Gasteiger partial charge in [0.05, 0.1) is 12.6 Å². The summed E-state index contributed by atoms with van der Waals surface area (Å²) >= 11 is 0. The fraction of sp³-hybridized carbons (Fsp3) is 0.364. The largest absolute Gasteiger partial charge is 0.311 e. The molecule has 0 amide bonds. The molecule has 1 saturated heterocycles. The first-order chi connectivity index (χ1) is 14.2. The van der Waals surface area contributed by atoms with Crippen molar-refractivity contribution in [3.05, 3.63) is 83.7 Å². The Kier molecular flexibility index (Phi) is 6.27. The van der Waals surface area contributed by atoms with Gasteiger partial charge in [-0.2, -0.15) is 0 Å². The van der Waals surface area contributed by atoms with Gasteiger partial charge in [-0.15, -0.1) is 10.2 Å². The SMILES string of the molecule is FCCN1CCN(C(c2ccc(F)cc2)c2nncn2Cc2ccccc2)CC1. The molecule has 2 heterocycles. The summed E-state index contributed by atoms with van der Waals surface area (Å²) in [6.45, 7) is 4.00. The lowest BCUT2D eigenvalue weighted by Crippen LogP contribution is -2.48. The van der Waals surface area contributed by atoms with Crippen LogP contribution in [0.1, 0.15) is 23.0 Å². The number of rotatable bonds is 7. The van der Waals surface area contributed by atoms with E-state index in [1.54, 1.807) is 6.33 Å². The minimum Gasteiger partial charge on any atom is -0.311 e. The van der Waals surface area contributed by atoms with Gasteiger partial charge in [-0.05, 0) is 23.3 Å². The molecule has 0 saturated carbocycles. The van der Waals surface area contributed by atoms with Crippen molar-refractivity contribution in [3.63, 3.8) is 0 Å². The average Bonchev–Trinajstić information content (AvgIpc) is 3.19. The second kappa shape index (κ2) is 9.24. The molecule has 152 valence electrons. The van der Waals surface area contributed by atoms with E-state index in [-0.39, 0.29) is 18.5 Å². The van der Waals surface area contributed by atoms with Gasteiger partial charge < -0.3 is 4.57 Å². The number of halogens is 2. The molecule has 2 aromatic carbocycles. The maximum atomic E-state index is 13.5. The average molecular weight is 397 g/mol. The van der Waals surface area contributed by atoms with Crippen LogP contribution in [0.25, 0.3) is 0 Å². The van der Waals surface area contributed by atoms with Gasteiger partial charge in [-0.1, -0.05) is 42.5 Å². The third-order valence-electron chi connectivity index (χ3n) is 5.44. The van der Waals surface area contributed by atoms with Crippen molar-refractivity contribution in [2.24, 2.45) is 0 Å².